The van der Waals surface area contributed by atoms with Gasteiger partial charge in [-0.1, -0.05) is 11.6 Å². The highest BCUT2D eigenvalue weighted by atomic mass is 32.2. The third-order valence-electron chi connectivity index (χ3n) is 4.59. The Morgan fingerprint density at radius 2 is 2.11 bits per heavy atom. The van der Waals surface area contributed by atoms with E-state index in [0.717, 1.165) is 19.3 Å². The lowest BCUT2D eigenvalue weighted by Crippen LogP contribution is -2.22. The van der Waals surface area contributed by atoms with E-state index in [-0.39, 0.29) is 17.3 Å². The molecule has 0 aliphatic carbocycles. The molecule has 0 bridgehead atoms. The highest BCUT2D eigenvalue weighted by Crippen LogP contribution is 2.19. The number of halogens is 1. The number of aliphatic imine (C=N–C) groups is 1. The van der Waals surface area contributed by atoms with Crippen LogP contribution in [0.4, 0.5) is 10.1 Å². The van der Waals surface area contributed by atoms with E-state index in [1.54, 1.807) is 13.0 Å². The van der Waals surface area contributed by atoms with Gasteiger partial charge in [-0.2, -0.15) is 0 Å². The summed E-state index contributed by atoms with van der Waals surface area (Å²) in [5, 5.41) is 17.1. The van der Waals surface area contributed by atoms with Crippen molar-refractivity contribution in [2.75, 3.05) is 18.1 Å². The second-order valence-electron chi connectivity index (χ2n) is 6.76. The Morgan fingerprint density at radius 1 is 1.32 bits per heavy atom. The number of aryl methyl sites for hydroxylation is 2. The fourth-order valence-electron chi connectivity index (χ4n) is 3.05. The molecule has 0 saturated carbocycles. The number of aromatic nitrogens is 2. The average molecular weight is 409 g/mol. The molecule has 1 aliphatic heterocycles. The SMILES string of the molecule is Cc1cc(N=C(NO)c2nonc2CCCN=S2(=O)CCCCC2)ccc1F. The maximum absolute atomic E-state index is 13.4. The molecule has 2 heterocycles. The number of nitrogens with zero attached hydrogens (tertiary/aromatic N) is 4. The molecule has 8 nitrogen and oxygen atoms in total. The first kappa shape index (κ1) is 20.4. The predicted molar refractivity (Wildman–Crippen MR) is 104 cm³/mol. The molecular weight excluding hydrogens is 385 g/mol. The summed E-state index contributed by atoms with van der Waals surface area (Å²) < 4.78 is 35.2. The van der Waals surface area contributed by atoms with Crippen molar-refractivity contribution in [1.29, 1.82) is 0 Å². The Bertz CT molecular complexity index is 954. The van der Waals surface area contributed by atoms with Crippen LogP contribution in [-0.4, -0.2) is 43.6 Å². The summed E-state index contributed by atoms with van der Waals surface area (Å²) in [6, 6.07) is 4.35. The quantitative estimate of drug-likeness (QED) is 0.328. The van der Waals surface area contributed by atoms with E-state index in [0.29, 0.717) is 47.8 Å². The van der Waals surface area contributed by atoms with Crippen molar-refractivity contribution in [3.05, 3.63) is 41.0 Å². The van der Waals surface area contributed by atoms with Crippen molar-refractivity contribution < 1.29 is 18.4 Å². The van der Waals surface area contributed by atoms with Crippen molar-refractivity contribution in [2.24, 2.45) is 9.36 Å². The molecule has 3 rings (SSSR count). The fraction of sp³-hybridized carbons (Fsp3) is 0.500. The minimum atomic E-state index is -2.05. The van der Waals surface area contributed by atoms with Crippen LogP contribution < -0.4 is 5.48 Å². The Balaban J connectivity index is 1.69. The minimum absolute atomic E-state index is 0.0531. The minimum Gasteiger partial charge on any atom is -0.290 e. The van der Waals surface area contributed by atoms with Gasteiger partial charge >= 0.3 is 0 Å². The summed E-state index contributed by atoms with van der Waals surface area (Å²) >= 11 is 0. The molecule has 0 unspecified atom stereocenters. The number of hydrogen-bond donors (Lipinski definition) is 2. The van der Waals surface area contributed by atoms with Gasteiger partial charge in [-0.15, -0.1) is 0 Å². The summed E-state index contributed by atoms with van der Waals surface area (Å²) in [5.41, 5.74) is 3.67. The lowest BCUT2D eigenvalue weighted by atomic mass is 10.2. The first-order chi connectivity index (χ1) is 13.5. The summed E-state index contributed by atoms with van der Waals surface area (Å²) in [6.07, 6.45) is 4.20. The van der Waals surface area contributed by atoms with Crippen LogP contribution in [0.1, 0.15) is 42.6 Å². The molecule has 1 aromatic heterocycles. The topological polar surface area (TPSA) is 113 Å². The maximum Gasteiger partial charge on any atom is 0.181 e. The Hall–Kier alpha value is -2.33. The molecule has 1 aliphatic rings. The van der Waals surface area contributed by atoms with Crippen LogP contribution >= 0.6 is 0 Å². The summed E-state index contributed by atoms with van der Waals surface area (Å²) in [4.78, 5) is 4.25. The Morgan fingerprint density at radius 3 is 2.82 bits per heavy atom. The number of benzene rings is 1. The van der Waals surface area contributed by atoms with Crippen molar-refractivity contribution in [1.82, 2.24) is 15.8 Å². The summed E-state index contributed by atoms with van der Waals surface area (Å²) in [7, 11) is -2.05. The Labute approximate surface area is 163 Å². The van der Waals surface area contributed by atoms with Gasteiger partial charge in [-0.05, 0) is 61.5 Å². The average Bonchev–Trinajstić information content (AvgIpc) is 3.15. The van der Waals surface area contributed by atoms with E-state index in [1.807, 2.05) is 5.48 Å². The third kappa shape index (κ3) is 5.14. The van der Waals surface area contributed by atoms with Gasteiger partial charge in [0.25, 0.3) is 0 Å². The zero-order valence-electron chi connectivity index (χ0n) is 15.7. The lowest BCUT2D eigenvalue weighted by Gasteiger charge is -2.15. The van der Waals surface area contributed by atoms with Crippen LogP contribution in [-0.2, 0) is 16.1 Å². The van der Waals surface area contributed by atoms with Gasteiger partial charge in [-0.3, -0.25) is 10.7 Å². The second-order valence-corrected chi connectivity index (χ2v) is 9.38. The van der Waals surface area contributed by atoms with Crippen LogP contribution in [0, 0.1) is 12.7 Å². The van der Waals surface area contributed by atoms with E-state index >= 15 is 0 Å². The lowest BCUT2D eigenvalue weighted by molar-refractivity contribution is 0.234. The summed E-state index contributed by atoms with van der Waals surface area (Å²) in [5.74, 6) is 1.09. The highest BCUT2D eigenvalue weighted by Gasteiger charge is 2.17. The van der Waals surface area contributed by atoms with Crippen molar-refractivity contribution in [3.8, 4) is 0 Å². The molecule has 1 aromatic carbocycles. The number of amidine groups is 1. The van der Waals surface area contributed by atoms with Crippen molar-refractivity contribution >= 4 is 21.3 Å². The predicted octanol–water partition coefficient (Wildman–Crippen LogP) is 3.16. The van der Waals surface area contributed by atoms with E-state index in [4.69, 9.17) is 4.63 Å². The smallest absolute Gasteiger partial charge is 0.181 e. The standard InChI is InChI=1S/C18H24FN5O3S/c1-13-12-14(7-8-15(13)19)21-18(22-25)17-16(23-27-24-17)6-5-9-20-28(26)10-3-2-4-11-28/h7-8,12,25H,2-6,9-11H2,1H3,(H,21,22). The zero-order chi connectivity index (χ0) is 20.0. The molecule has 152 valence electrons. The molecular formula is C18H24FN5O3S. The van der Waals surface area contributed by atoms with Gasteiger partial charge in [0.05, 0.1) is 5.69 Å². The van der Waals surface area contributed by atoms with Crippen LogP contribution in [0.5, 0.6) is 0 Å². The monoisotopic (exact) mass is 409 g/mol. The molecule has 0 amide bonds. The second kappa shape index (κ2) is 9.24. The molecule has 1 fully saturated rings. The number of hydroxylamine groups is 1. The van der Waals surface area contributed by atoms with E-state index in [1.165, 1.54) is 12.1 Å². The van der Waals surface area contributed by atoms with Crippen LogP contribution in [0.15, 0.2) is 32.2 Å². The van der Waals surface area contributed by atoms with Gasteiger partial charge < -0.3 is 0 Å². The van der Waals surface area contributed by atoms with E-state index in [2.05, 4.69) is 19.7 Å². The first-order valence-corrected chi connectivity index (χ1v) is 11.1. The maximum atomic E-state index is 13.4. The fourth-order valence-corrected chi connectivity index (χ4v) is 5.28. The molecule has 0 atom stereocenters. The van der Waals surface area contributed by atoms with Crippen LogP contribution in [0.2, 0.25) is 0 Å². The van der Waals surface area contributed by atoms with Crippen LogP contribution in [0.3, 0.4) is 0 Å². The van der Waals surface area contributed by atoms with Gasteiger partial charge in [0.1, 0.15) is 11.5 Å². The summed E-state index contributed by atoms with van der Waals surface area (Å²) in [6.45, 7) is 2.10. The molecule has 2 aromatic rings. The zero-order valence-corrected chi connectivity index (χ0v) is 16.5. The van der Waals surface area contributed by atoms with Gasteiger partial charge in [0.15, 0.2) is 11.5 Å². The third-order valence-corrected chi connectivity index (χ3v) is 7.10. The molecule has 0 spiro atoms. The number of nitrogens with one attached hydrogen (secondary N) is 1. The largest absolute Gasteiger partial charge is 0.290 e. The normalized spacial score (nSPS) is 16.8. The molecule has 10 heteroatoms. The van der Waals surface area contributed by atoms with E-state index < -0.39 is 9.73 Å². The van der Waals surface area contributed by atoms with Crippen LogP contribution in [0.25, 0.3) is 0 Å². The first-order valence-electron chi connectivity index (χ1n) is 9.26. The van der Waals surface area contributed by atoms with Gasteiger partial charge in [0, 0.05) is 27.8 Å². The van der Waals surface area contributed by atoms with Crippen molar-refractivity contribution in [3.63, 3.8) is 0 Å². The number of rotatable bonds is 6. The highest BCUT2D eigenvalue weighted by molar-refractivity contribution is 7.93. The van der Waals surface area contributed by atoms with Gasteiger partial charge in [-0.25, -0.2) is 22.6 Å². The van der Waals surface area contributed by atoms with Gasteiger partial charge in [0.2, 0.25) is 0 Å². The molecule has 1 saturated heterocycles. The molecule has 2 N–H and O–H groups in total. The van der Waals surface area contributed by atoms with Crippen molar-refractivity contribution in [2.45, 2.75) is 39.0 Å². The number of hydrogen-bond acceptors (Lipinski definition) is 7. The molecule has 28 heavy (non-hydrogen) atoms. The van der Waals surface area contributed by atoms with E-state index in [9.17, 15) is 13.8 Å². The molecule has 0 radical (unpaired) electrons. The Kier molecular flexibility index (Phi) is 6.74.